The number of aliphatic hydroxyl groups excluding tert-OH is 1. The van der Waals surface area contributed by atoms with E-state index in [1.807, 2.05) is 0 Å². The number of alkyl halides is 3. The highest BCUT2D eigenvalue weighted by Gasteiger charge is 2.53. The summed E-state index contributed by atoms with van der Waals surface area (Å²) in [6, 6.07) is -0.561. The lowest BCUT2D eigenvalue weighted by atomic mass is 9.96. The van der Waals surface area contributed by atoms with Gasteiger partial charge in [-0.15, -0.1) is 0 Å². The Morgan fingerprint density at radius 3 is 2.28 bits per heavy atom. The number of unbranched alkanes of at least 4 members (excludes halogenated alkanes) is 11. The summed E-state index contributed by atoms with van der Waals surface area (Å²) in [4.78, 5) is 35.6. The molecule has 2 unspecified atom stereocenters. The molecule has 6 atom stereocenters. The maximum Gasteiger partial charge on any atom is 0.472 e. The number of nitrogens with one attached hydrogen (secondary N) is 2. The fraction of sp³-hybridized carbons (Fsp3) is 0.828. The second-order valence-corrected chi connectivity index (χ2v) is 13.5. The quantitative estimate of drug-likeness (QED) is 0.0594. The van der Waals surface area contributed by atoms with Crippen LogP contribution in [0.25, 0.3) is 0 Å². The summed E-state index contributed by atoms with van der Waals surface area (Å²) in [5, 5.41) is 23.2. The van der Waals surface area contributed by atoms with Crippen LogP contribution in [0.1, 0.15) is 99.9 Å². The molecule has 0 radical (unpaired) electrons. The molecule has 1 aromatic rings. The van der Waals surface area contributed by atoms with Crippen LogP contribution in [0.3, 0.4) is 0 Å². The fourth-order valence-corrected chi connectivity index (χ4v) is 5.77. The summed E-state index contributed by atoms with van der Waals surface area (Å²) in [7, 11) is -5.46. The lowest BCUT2D eigenvalue weighted by Gasteiger charge is -2.28. The predicted octanol–water partition coefficient (Wildman–Crippen LogP) is 4.81. The van der Waals surface area contributed by atoms with Crippen molar-refractivity contribution < 1.29 is 58.9 Å². The number of halogens is 3. The second kappa shape index (κ2) is 20.1. The third kappa shape index (κ3) is 14.8. The standard InChI is InChI=1S/C29H49F3N3O10PS/c1-3-4-5-6-7-8-9-10-11-12-13-14-17-42-18-21(33-25(38)29(30,31)32)19-43-46(40,41)44-20-22-24(37)28(2,39)26(45-22)35-16-15-23(36)34-27(35)47/h15-16,21-22,24,26,37,39H,3-14,17-20H2,1-2H3,(H,33,38)(H,40,41)(H,34,36,47)/t21-,22+,24-,26+,28?/m0/s1/i20D2. The van der Waals surface area contributed by atoms with Crippen molar-refractivity contribution in [1.82, 2.24) is 14.9 Å². The Morgan fingerprint density at radius 1 is 1.15 bits per heavy atom. The van der Waals surface area contributed by atoms with Gasteiger partial charge in [0.1, 0.15) is 17.8 Å². The molecule has 1 fully saturated rings. The van der Waals surface area contributed by atoms with Crippen LogP contribution in [0.4, 0.5) is 13.2 Å². The number of phosphoric ester groups is 1. The Kier molecular flexibility index (Phi) is 16.3. The van der Waals surface area contributed by atoms with E-state index in [4.69, 9.17) is 29.0 Å². The molecule has 1 aromatic heterocycles. The topological polar surface area (TPSA) is 182 Å². The van der Waals surface area contributed by atoms with Gasteiger partial charge in [-0.05, 0) is 25.6 Å². The van der Waals surface area contributed by atoms with Crippen molar-refractivity contribution in [3.05, 3.63) is 27.4 Å². The summed E-state index contributed by atoms with van der Waals surface area (Å²) >= 11 is 5.03. The van der Waals surface area contributed by atoms with E-state index < -0.39 is 75.3 Å². The van der Waals surface area contributed by atoms with E-state index in [9.17, 15) is 42.4 Å². The van der Waals surface area contributed by atoms with Crippen molar-refractivity contribution in [3.63, 3.8) is 0 Å². The summed E-state index contributed by atoms with van der Waals surface area (Å²) in [5.41, 5.74) is -2.86. The number of ether oxygens (including phenoxy) is 2. The minimum Gasteiger partial charge on any atom is -0.387 e. The Labute approximate surface area is 280 Å². The monoisotopic (exact) mass is 721 g/mol. The smallest absolute Gasteiger partial charge is 0.387 e. The van der Waals surface area contributed by atoms with Crippen LogP contribution in [-0.2, 0) is 27.9 Å². The lowest BCUT2D eigenvalue weighted by Crippen LogP contribution is -2.47. The molecule has 47 heavy (non-hydrogen) atoms. The average Bonchev–Trinajstić information content (AvgIpc) is 3.23. The molecule has 1 amide bonds. The first kappa shape index (κ1) is 38.1. The number of hydrogen-bond donors (Lipinski definition) is 5. The summed E-state index contributed by atoms with van der Waals surface area (Å²) in [6.07, 6.45) is 3.21. The number of aromatic amines is 1. The first-order chi connectivity index (χ1) is 22.8. The molecule has 272 valence electrons. The van der Waals surface area contributed by atoms with Gasteiger partial charge in [-0.3, -0.25) is 28.2 Å². The molecule has 13 nitrogen and oxygen atoms in total. The van der Waals surface area contributed by atoms with Crippen molar-refractivity contribution in [3.8, 4) is 0 Å². The SMILES string of the molecule is [2H]C([2H])(OP(=O)(O)OC[C@H](COCCCCCCCCCCCCCC)NC(=O)C(F)(F)F)[C@H]1O[C@@H](n2ccc(=O)[nH]c2=S)C(C)(O)[C@H]1O. The Morgan fingerprint density at radius 2 is 1.72 bits per heavy atom. The maximum absolute atomic E-state index is 12.9. The maximum atomic E-state index is 12.9. The number of carbonyl (C=O) groups is 1. The van der Waals surface area contributed by atoms with Crippen LogP contribution in [0.5, 0.6) is 0 Å². The van der Waals surface area contributed by atoms with Crippen molar-refractivity contribution in [2.45, 2.75) is 127 Å². The van der Waals surface area contributed by atoms with Crippen LogP contribution < -0.4 is 10.9 Å². The highest BCUT2D eigenvalue weighted by Crippen LogP contribution is 2.45. The molecule has 1 aliphatic heterocycles. The largest absolute Gasteiger partial charge is 0.472 e. The van der Waals surface area contributed by atoms with E-state index in [0.717, 1.165) is 49.4 Å². The van der Waals surface area contributed by atoms with E-state index >= 15 is 0 Å². The van der Waals surface area contributed by atoms with Gasteiger partial charge < -0.3 is 29.9 Å². The van der Waals surface area contributed by atoms with Crippen molar-refractivity contribution >= 4 is 25.9 Å². The number of H-pyrrole nitrogens is 1. The molecule has 5 N–H and O–H groups in total. The molecule has 1 aliphatic rings. The van der Waals surface area contributed by atoms with E-state index in [0.29, 0.717) is 6.42 Å². The molecule has 0 spiro atoms. The molecular weight excluding hydrogens is 670 g/mol. The first-order valence-electron chi connectivity index (χ1n) is 16.8. The van der Waals surface area contributed by atoms with Gasteiger partial charge in [0.15, 0.2) is 11.0 Å². The summed E-state index contributed by atoms with van der Waals surface area (Å²) in [5.74, 6) is -2.35. The van der Waals surface area contributed by atoms with Gasteiger partial charge in [0.05, 0.1) is 28.6 Å². The first-order valence-corrected chi connectivity index (χ1v) is 17.7. The number of amides is 1. The zero-order valence-corrected chi connectivity index (χ0v) is 28.4. The number of hydrogen-bond acceptors (Lipinski definition) is 10. The molecule has 2 heterocycles. The van der Waals surface area contributed by atoms with E-state index in [2.05, 4.69) is 16.4 Å². The zero-order valence-electron chi connectivity index (χ0n) is 28.7. The molecule has 18 heteroatoms. The van der Waals surface area contributed by atoms with Crippen molar-refractivity contribution in [2.75, 3.05) is 26.4 Å². The van der Waals surface area contributed by atoms with Gasteiger partial charge in [0.25, 0.3) is 5.56 Å². The van der Waals surface area contributed by atoms with Crippen LogP contribution in [-0.4, -0.2) is 87.0 Å². The van der Waals surface area contributed by atoms with Crippen LogP contribution in [0, 0.1) is 4.77 Å². The van der Waals surface area contributed by atoms with Crippen LogP contribution in [0.15, 0.2) is 17.1 Å². The van der Waals surface area contributed by atoms with Gasteiger partial charge in [0, 0.05) is 18.9 Å². The minimum absolute atomic E-state index is 0.142. The molecule has 0 bridgehead atoms. The van der Waals surface area contributed by atoms with E-state index in [1.54, 1.807) is 5.32 Å². The van der Waals surface area contributed by atoms with E-state index in [-0.39, 0.29) is 11.4 Å². The molecule has 0 aliphatic carbocycles. The fourth-order valence-electron chi connectivity index (χ4n) is 4.85. The molecule has 2 rings (SSSR count). The summed E-state index contributed by atoms with van der Waals surface area (Å²) in [6.45, 7) is -1.54. The predicted molar refractivity (Wildman–Crippen MR) is 168 cm³/mol. The Balaban J connectivity index is 1.89. The highest BCUT2D eigenvalue weighted by atomic mass is 32.1. The van der Waals surface area contributed by atoms with Crippen molar-refractivity contribution in [1.29, 1.82) is 0 Å². The van der Waals surface area contributed by atoms with Gasteiger partial charge in [-0.2, -0.15) is 13.2 Å². The van der Waals surface area contributed by atoms with Gasteiger partial charge in [-0.1, -0.05) is 77.6 Å². The third-order valence-corrected chi connectivity index (χ3v) is 8.67. The number of carbonyl (C=O) groups excluding carboxylic acids is 1. The number of phosphoric acid groups is 1. The third-order valence-electron chi connectivity index (χ3n) is 7.54. The molecule has 0 saturated carbocycles. The molecular formula is C29H49F3N3O10PS. The average molecular weight is 722 g/mol. The van der Waals surface area contributed by atoms with E-state index in [1.165, 1.54) is 44.9 Å². The zero-order chi connectivity index (χ0) is 36.9. The van der Waals surface area contributed by atoms with Crippen LogP contribution in [0.2, 0.25) is 0 Å². The van der Waals surface area contributed by atoms with Gasteiger partial charge >= 0.3 is 19.9 Å². The van der Waals surface area contributed by atoms with Gasteiger partial charge in [-0.25, -0.2) is 4.57 Å². The van der Waals surface area contributed by atoms with Gasteiger partial charge in [0.2, 0.25) is 0 Å². The lowest BCUT2D eigenvalue weighted by molar-refractivity contribution is -0.175. The summed E-state index contributed by atoms with van der Waals surface area (Å²) < 4.78 is 88.8. The molecule has 1 saturated heterocycles. The van der Waals surface area contributed by atoms with Crippen LogP contribution >= 0.6 is 20.0 Å². The number of rotatable bonds is 23. The number of aliphatic hydroxyl groups is 2. The number of aromatic nitrogens is 2. The number of nitrogens with zero attached hydrogens (tertiary/aromatic N) is 1. The molecule has 0 aromatic carbocycles. The van der Waals surface area contributed by atoms with Crippen molar-refractivity contribution in [2.24, 2.45) is 0 Å². The highest BCUT2D eigenvalue weighted by molar-refractivity contribution is 7.71. The second-order valence-electron chi connectivity index (χ2n) is 11.7. The Bertz CT molecular complexity index is 1340. The minimum atomic E-state index is -5.46. The normalized spacial score (nSPS) is 24.4. The Hall–Kier alpha value is -1.69.